The Hall–Kier alpha value is -2.64. The van der Waals surface area contributed by atoms with Gasteiger partial charge in [-0.2, -0.15) is 10.4 Å². The molecule has 11 heteroatoms. The van der Waals surface area contributed by atoms with Crippen molar-refractivity contribution in [2.75, 3.05) is 13.1 Å². The number of carbonyl (C=O) groups excluding carboxylic acids is 2. The molecule has 154 valence electrons. The first kappa shape index (κ1) is 21.7. The highest BCUT2D eigenvalue weighted by Gasteiger charge is 2.44. The summed E-state index contributed by atoms with van der Waals surface area (Å²) in [5.41, 5.74) is -2.97. The molecule has 1 saturated heterocycles. The van der Waals surface area contributed by atoms with Gasteiger partial charge in [0.25, 0.3) is 12.9 Å². The van der Waals surface area contributed by atoms with Crippen molar-refractivity contribution in [1.82, 2.24) is 14.7 Å². The van der Waals surface area contributed by atoms with Gasteiger partial charge in [-0.3, -0.25) is 14.3 Å². The van der Waals surface area contributed by atoms with Crippen LogP contribution in [0.2, 0.25) is 0 Å². The van der Waals surface area contributed by atoms with Gasteiger partial charge in [0, 0.05) is 13.1 Å². The third-order valence-corrected chi connectivity index (χ3v) is 4.48. The number of likely N-dealkylation sites (tertiary alicyclic amines) is 1. The lowest BCUT2D eigenvalue weighted by atomic mass is 9.79. The fraction of sp³-hybridized carbons (Fsp3) is 0.647. The van der Waals surface area contributed by atoms with E-state index in [4.69, 9.17) is 4.74 Å². The van der Waals surface area contributed by atoms with Gasteiger partial charge in [-0.15, -0.1) is 0 Å². The molecule has 1 aliphatic heterocycles. The molecule has 7 nitrogen and oxygen atoms in total. The van der Waals surface area contributed by atoms with Gasteiger partial charge in [0.1, 0.15) is 17.9 Å². The van der Waals surface area contributed by atoms with Gasteiger partial charge in [0.05, 0.1) is 12.2 Å². The van der Waals surface area contributed by atoms with Gasteiger partial charge >= 0.3 is 5.97 Å². The third kappa shape index (κ3) is 4.61. The number of carbonyl (C=O) groups is 2. The van der Waals surface area contributed by atoms with E-state index in [0.29, 0.717) is 10.7 Å². The number of nitrogens with zero attached hydrogens (tertiary/aromatic N) is 4. The van der Waals surface area contributed by atoms with Crippen LogP contribution in [-0.4, -0.2) is 45.8 Å². The minimum atomic E-state index is -3.06. The van der Waals surface area contributed by atoms with Crippen LogP contribution in [0.3, 0.4) is 0 Å². The summed E-state index contributed by atoms with van der Waals surface area (Å²) >= 11 is 0. The summed E-state index contributed by atoms with van der Waals surface area (Å²) in [7, 11) is 0. The number of alkyl halides is 4. The van der Waals surface area contributed by atoms with Crippen LogP contribution < -0.4 is 0 Å². The molecule has 0 saturated carbocycles. The van der Waals surface area contributed by atoms with Crippen molar-refractivity contribution in [2.24, 2.45) is 5.41 Å². The number of amides is 1. The minimum Gasteiger partial charge on any atom is -0.462 e. The van der Waals surface area contributed by atoms with E-state index in [1.165, 1.54) is 4.90 Å². The number of ether oxygens (including phenoxy) is 1. The zero-order chi connectivity index (χ0) is 21.1. The third-order valence-electron chi connectivity index (χ3n) is 4.48. The first-order valence-electron chi connectivity index (χ1n) is 8.63. The highest BCUT2D eigenvalue weighted by atomic mass is 19.3. The highest BCUT2D eigenvalue weighted by molar-refractivity contribution is 5.81. The van der Waals surface area contributed by atoms with Crippen LogP contribution in [0.5, 0.6) is 0 Å². The Labute approximate surface area is 158 Å². The largest absolute Gasteiger partial charge is 0.462 e. The number of esters is 1. The minimum absolute atomic E-state index is 0.0316. The number of rotatable bonds is 6. The fourth-order valence-corrected chi connectivity index (χ4v) is 2.92. The zero-order valence-electron chi connectivity index (χ0n) is 15.4. The molecule has 0 aromatic carbocycles. The quantitative estimate of drug-likeness (QED) is 0.537. The molecule has 0 bridgehead atoms. The Kier molecular flexibility index (Phi) is 6.64. The van der Waals surface area contributed by atoms with Gasteiger partial charge < -0.3 is 9.64 Å². The van der Waals surface area contributed by atoms with E-state index >= 15 is 0 Å². The molecule has 1 aromatic rings. The summed E-state index contributed by atoms with van der Waals surface area (Å²) < 4.78 is 57.1. The Bertz CT molecular complexity index is 765. The monoisotopic (exact) mass is 404 g/mol. The number of hydrogen-bond donors (Lipinski definition) is 0. The van der Waals surface area contributed by atoms with E-state index in [1.54, 1.807) is 13.8 Å². The van der Waals surface area contributed by atoms with E-state index in [-0.39, 0.29) is 25.9 Å². The summed E-state index contributed by atoms with van der Waals surface area (Å²) in [5.74, 6) is -1.28. The van der Waals surface area contributed by atoms with Crippen LogP contribution in [0.15, 0.2) is 6.07 Å². The van der Waals surface area contributed by atoms with Crippen LogP contribution in [-0.2, 0) is 20.9 Å². The molecule has 2 rings (SSSR count). The lowest BCUT2D eigenvalue weighted by Crippen LogP contribution is -2.47. The summed E-state index contributed by atoms with van der Waals surface area (Å²) in [6.45, 7) is 2.74. The summed E-state index contributed by atoms with van der Waals surface area (Å²) in [4.78, 5) is 25.9. The first-order chi connectivity index (χ1) is 13.1. The maximum absolute atomic E-state index is 13.0. The van der Waals surface area contributed by atoms with Crippen molar-refractivity contribution < 1.29 is 31.9 Å². The predicted octanol–water partition coefficient (Wildman–Crippen LogP) is 2.84. The van der Waals surface area contributed by atoms with Crippen LogP contribution in [0.4, 0.5) is 17.6 Å². The molecule has 0 spiro atoms. The molecule has 1 aliphatic rings. The maximum Gasteiger partial charge on any atom is 0.326 e. The smallest absolute Gasteiger partial charge is 0.326 e. The van der Waals surface area contributed by atoms with Crippen LogP contribution >= 0.6 is 0 Å². The average Bonchev–Trinajstić information content (AvgIpc) is 3.05. The molecule has 28 heavy (non-hydrogen) atoms. The van der Waals surface area contributed by atoms with Gasteiger partial charge in [-0.25, -0.2) is 17.6 Å². The van der Waals surface area contributed by atoms with E-state index in [2.05, 4.69) is 5.10 Å². The lowest BCUT2D eigenvalue weighted by molar-refractivity contribution is -0.160. The Morgan fingerprint density at radius 2 is 1.86 bits per heavy atom. The van der Waals surface area contributed by atoms with Crippen molar-refractivity contribution in [1.29, 1.82) is 5.26 Å². The highest BCUT2D eigenvalue weighted by Crippen LogP contribution is 2.33. The van der Waals surface area contributed by atoms with E-state index < -0.39 is 54.2 Å². The summed E-state index contributed by atoms with van der Waals surface area (Å²) in [6.07, 6.45) is -6.43. The second-order valence-electron chi connectivity index (χ2n) is 6.78. The van der Waals surface area contributed by atoms with Gasteiger partial charge in [-0.1, -0.05) is 0 Å². The van der Waals surface area contributed by atoms with Crippen LogP contribution in [0.1, 0.15) is 50.9 Å². The molecule has 0 aliphatic carbocycles. The van der Waals surface area contributed by atoms with Crippen molar-refractivity contribution in [3.63, 3.8) is 0 Å². The number of piperidine rings is 1. The molecule has 1 fully saturated rings. The van der Waals surface area contributed by atoms with Crippen molar-refractivity contribution in [3.05, 3.63) is 17.5 Å². The Morgan fingerprint density at radius 1 is 1.25 bits per heavy atom. The standard InChI is InChI=1S/C17H20F4N4O3/c1-10(2)28-16(27)17(9-22)3-5-24(6-4-17)13(26)8-25-12(15(20)21)7-11(23-25)14(18)19/h7,10,14-15H,3-6,8H2,1-2H3. The lowest BCUT2D eigenvalue weighted by Gasteiger charge is -2.36. The molecule has 2 heterocycles. The van der Waals surface area contributed by atoms with Crippen molar-refractivity contribution in [2.45, 2.75) is 52.2 Å². The molecule has 0 unspecified atom stereocenters. The van der Waals surface area contributed by atoms with E-state index in [1.807, 2.05) is 6.07 Å². The topological polar surface area (TPSA) is 88.2 Å². The molecular formula is C17H20F4N4O3. The summed E-state index contributed by atoms with van der Waals surface area (Å²) in [6, 6.07) is 2.53. The van der Waals surface area contributed by atoms with Gasteiger partial charge in [0.2, 0.25) is 5.91 Å². The zero-order valence-corrected chi connectivity index (χ0v) is 15.4. The van der Waals surface area contributed by atoms with Crippen molar-refractivity contribution in [3.8, 4) is 6.07 Å². The second-order valence-corrected chi connectivity index (χ2v) is 6.78. The Balaban J connectivity index is 2.06. The number of aromatic nitrogens is 2. The SMILES string of the molecule is CC(C)OC(=O)C1(C#N)CCN(C(=O)Cn2nc(C(F)F)cc2C(F)F)CC1. The van der Waals surface area contributed by atoms with Gasteiger partial charge in [0.15, 0.2) is 5.41 Å². The molecule has 0 atom stereocenters. The molecular weight excluding hydrogens is 384 g/mol. The van der Waals surface area contributed by atoms with Crippen molar-refractivity contribution >= 4 is 11.9 Å². The Morgan fingerprint density at radius 3 is 2.32 bits per heavy atom. The average molecular weight is 404 g/mol. The van der Waals surface area contributed by atoms with E-state index in [0.717, 1.165) is 0 Å². The number of halogens is 4. The molecule has 1 amide bonds. The van der Waals surface area contributed by atoms with Gasteiger partial charge in [-0.05, 0) is 32.8 Å². The maximum atomic E-state index is 13.0. The number of hydrogen-bond acceptors (Lipinski definition) is 5. The predicted molar refractivity (Wildman–Crippen MR) is 87.2 cm³/mol. The first-order valence-corrected chi connectivity index (χ1v) is 8.63. The van der Waals surface area contributed by atoms with E-state index in [9.17, 15) is 32.4 Å². The molecule has 0 radical (unpaired) electrons. The van der Waals surface area contributed by atoms with Crippen LogP contribution in [0, 0.1) is 16.7 Å². The number of nitriles is 1. The fourth-order valence-electron chi connectivity index (χ4n) is 2.92. The summed E-state index contributed by atoms with van der Waals surface area (Å²) in [5, 5.41) is 12.8. The molecule has 0 N–H and O–H groups in total. The second kappa shape index (κ2) is 8.58. The normalized spacial score (nSPS) is 16.5. The van der Waals surface area contributed by atoms with Crippen LogP contribution in [0.25, 0.3) is 0 Å². The molecule has 1 aromatic heterocycles.